The zero-order chi connectivity index (χ0) is 11.7. The van der Waals surface area contributed by atoms with E-state index in [9.17, 15) is 0 Å². The molecule has 0 amide bonds. The van der Waals surface area contributed by atoms with Crippen LogP contribution < -0.4 is 0 Å². The standard InChI is InChI=1S/C13H13O3P/c1-14-17-15-8-12-6-10-4-2-3-5-11(10)7-13(12)9-16-17/h2-7H,8-9H2,1H3. The largest absolute Gasteiger partial charge is 0.333 e. The number of hydrogen-bond donors (Lipinski definition) is 0. The average Bonchev–Trinajstić information content (AvgIpc) is 2.58. The molecule has 0 aromatic heterocycles. The summed E-state index contributed by atoms with van der Waals surface area (Å²) in [7, 11) is 0.419. The van der Waals surface area contributed by atoms with E-state index >= 15 is 0 Å². The Morgan fingerprint density at radius 3 is 2.00 bits per heavy atom. The minimum absolute atomic E-state index is 0.555. The van der Waals surface area contributed by atoms with E-state index in [1.54, 1.807) is 7.11 Å². The van der Waals surface area contributed by atoms with Crippen LogP contribution in [0, 0.1) is 0 Å². The quantitative estimate of drug-likeness (QED) is 0.719. The second-order valence-corrected chi connectivity index (χ2v) is 5.25. The van der Waals surface area contributed by atoms with Crippen LogP contribution in [0.2, 0.25) is 0 Å². The topological polar surface area (TPSA) is 27.7 Å². The average molecular weight is 248 g/mol. The van der Waals surface area contributed by atoms with Crippen LogP contribution in [0.3, 0.4) is 0 Å². The second kappa shape index (κ2) is 4.71. The van der Waals surface area contributed by atoms with Crippen LogP contribution in [0.25, 0.3) is 10.8 Å². The zero-order valence-electron chi connectivity index (χ0n) is 9.55. The first-order valence-corrected chi connectivity index (χ1v) is 6.57. The fourth-order valence-corrected chi connectivity index (χ4v) is 2.76. The highest BCUT2D eigenvalue weighted by atomic mass is 31.2. The Balaban J connectivity index is 2.03. The molecule has 1 aliphatic heterocycles. The second-order valence-electron chi connectivity index (χ2n) is 3.92. The van der Waals surface area contributed by atoms with Crippen LogP contribution in [-0.4, -0.2) is 7.11 Å². The molecule has 0 radical (unpaired) electrons. The van der Waals surface area contributed by atoms with E-state index in [4.69, 9.17) is 13.6 Å². The number of hydrogen-bond acceptors (Lipinski definition) is 3. The lowest BCUT2D eigenvalue weighted by molar-refractivity contribution is 0.182. The Bertz CT molecular complexity index is 495. The van der Waals surface area contributed by atoms with Crippen molar-refractivity contribution in [2.75, 3.05) is 7.11 Å². The summed E-state index contributed by atoms with van der Waals surface area (Å²) in [5.41, 5.74) is 2.37. The van der Waals surface area contributed by atoms with Gasteiger partial charge in [0.2, 0.25) is 0 Å². The first kappa shape index (κ1) is 11.1. The summed E-state index contributed by atoms with van der Waals surface area (Å²) < 4.78 is 16.2. The maximum absolute atomic E-state index is 5.55. The van der Waals surface area contributed by atoms with Crippen molar-refractivity contribution < 1.29 is 13.6 Å². The van der Waals surface area contributed by atoms with Crippen molar-refractivity contribution in [3.05, 3.63) is 47.5 Å². The van der Waals surface area contributed by atoms with Gasteiger partial charge in [-0.3, -0.25) is 0 Å². The van der Waals surface area contributed by atoms with Gasteiger partial charge in [0.05, 0.1) is 13.2 Å². The molecule has 0 spiro atoms. The highest BCUT2D eigenvalue weighted by Crippen LogP contribution is 2.43. The Morgan fingerprint density at radius 1 is 1.00 bits per heavy atom. The molecule has 3 nitrogen and oxygen atoms in total. The third-order valence-electron chi connectivity index (χ3n) is 2.87. The highest BCUT2D eigenvalue weighted by Gasteiger charge is 2.18. The van der Waals surface area contributed by atoms with E-state index in [0.717, 1.165) is 0 Å². The maximum atomic E-state index is 5.55. The van der Waals surface area contributed by atoms with Gasteiger partial charge in [0.15, 0.2) is 0 Å². The molecule has 17 heavy (non-hydrogen) atoms. The molecule has 0 saturated carbocycles. The molecule has 2 aromatic carbocycles. The number of fused-ring (bicyclic) bond motifs is 2. The Kier molecular flexibility index (Phi) is 3.08. The van der Waals surface area contributed by atoms with Gasteiger partial charge < -0.3 is 13.6 Å². The van der Waals surface area contributed by atoms with Crippen LogP contribution in [0.5, 0.6) is 0 Å². The molecule has 1 heterocycles. The molecule has 88 valence electrons. The van der Waals surface area contributed by atoms with Gasteiger partial charge in [-0.2, -0.15) is 0 Å². The van der Waals surface area contributed by atoms with E-state index < -0.39 is 8.60 Å². The SMILES string of the molecule is COP1OCc2cc3ccccc3cc2CO1. The van der Waals surface area contributed by atoms with Gasteiger partial charge in [-0.05, 0) is 34.0 Å². The molecule has 0 unspecified atom stereocenters. The van der Waals surface area contributed by atoms with Crippen molar-refractivity contribution in [2.24, 2.45) is 0 Å². The molecule has 0 saturated heterocycles. The highest BCUT2D eigenvalue weighted by molar-refractivity contribution is 7.41. The molecule has 1 aliphatic rings. The summed E-state index contributed by atoms with van der Waals surface area (Å²) >= 11 is 0. The van der Waals surface area contributed by atoms with Gasteiger partial charge in [-0.15, -0.1) is 0 Å². The molecule has 4 heteroatoms. The van der Waals surface area contributed by atoms with Gasteiger partial charge in [0, 0.05) is 7.11 Å². The molecule has 2 aromatic rings. The lowest BCUT2D eigenvalue weighted by atomic mass is 10.0. The first-order chi connectivity index (χ1) is 8.36. The molecule has 0 aliphatic carbocycles. The zero-order valence-corrected chi connectivity index (χ0v) is 10.4. The van der Waals surface area contributed by atoms with E-state index in [1.165, 1.54) is 21.9 Å². The van der Waals surface area contributed by atoms with Crippen LogP contribution >= 0.6 is 8.60 Å². The molecule has 0 N–H and O–H groups in total. The number of benzene rings is 2. The molecule has 0 atom stereocenters. The van der Waals surface area contributed by atoms with Gasteiger partial charge >= 0.3 is 8.60 Å². The smallest absolute Gasteiger partial charge is 0.316 e. The first-order valence-electron chi connectivity index (χ1n) is 5.47. The maximum Gasteiger partial charge on any atom is 0.333 e. The summed E-state index contributed by atoms with van der Waals surface area (Å²) in [5, 5.41) is 2.47. The van der Waals surface area contributed by atoms with Crippen LogP contribution in [0.4, 0.5) is 0 Å². The van der Waals surface area contributed by atoms with Crippen LogP contribution in [0.15, 0.2) is 36.4 Å². The molecular formula is C13H13O3P. The fourth-order valence-electron chi connectivity index (χ4n) is 1.99. The van der Waals surface area contributed by atoms with Crippen molar-refractivity contribution in [1.29, 1.82) is 0 Å². The van der Waals surface area contributed by atoms with Gasteiger partial charge in [0.1, 0.15) is 0 Å². The Morgan fingerprint density at radius 2 is 1.53 bits per heavy atom. The predicted molar refractivity (Wildman–Crippen MR) is 67.5 cm³/mol. The van der Waals surface area contributed by atoms with Crippen molar-refractivity contribution in [3.8, 4) is 0 Å². The molecule has 3 rings (SSSR count). The molecule has 0 fully saturated rings. The Hall–Kier alpha value is -0.990. The predicted octanol–water partition coefficient (Wildman–Crippen LogP) is 3.76. The lowest BCUT2D eigenvalue weighted by Crippen LogP contribution is -1.92. The van der Waals surface area contributed by atoms with Gasteiger partial charge in [-0.25, -0.2) is 0 Å². The normalized spacial score (nSPS) is 16.8. The fraction of sp³-hybridized carbons (Fsp3) is 0.231. The van der Waals surface area contributed by atoms with Gasteiger partial charge in [0.25, 0.3) is 0 Å². The van der Waals surface area contributed by atoms with Crippen molar-refractivity contribution in [2.45, 2.75) is 13.2 Å². The third-order valence-corrected chi connectivity index (χ3v) is 3.85. The summed E-state index contributed by atoms with van der Waals surface area (Å²) in [6.45, 7) is 1.11. The van der Waals surface area contributed by atoms with Gasteiger partial charge in [-0.1, -0.05) is 24.3 Å². The van der Waals surface area contributed by atoms with E-state index in [2.05, 4.69) is 24.3 Å². The molecule has 0 bridgehead atoms. The monoisotopic (exact) mass is 248 g/mol. The lowest BCUT2D eigenvalue weighted by Gasteiger charge is -2.08. The minimum Gasteiger partial charge on any atom is -0.316 e. The summed E-state index contributed by atoms with van der Waals surface area (Å²) in [5.74, 6) is 0. The Labute approximate surface area is 101 Å². The summed E-state index contributed by atoms with van der Waals surface area (Å²) in [4.78, 5) is 0. The summed E-state index contributed by atoms with van der Waals surface area (Å²) in [6.07, 6.45) is 0. The molecular weight excluding hydrogens is 235 g/mol. The van der Waals surface area contributed by atoms with Crippen LogP contribution in [0.1, 0.15) is 11.1 Å². The van der Waals surface area contributed by atoms with Crippen LogP contribution in [-0.2, 0) is 26.8 Å². The van der Waals surface area contributed by atoms with Crippen molar-refractivity contribution >= 4 is 19.4 Å². The minimum atomic E-state index is -1.19. The van der Waals surface area contributed by atoms with E-state index in [1.807, 2.05) is 12.1 Å². The third kappa shape index (κ3) is 2.20. The van der Waals surface area contributed by atoms with Crippen molar-refractivity contribution in [1.82, 2.24) is 0 Å². The van der Waals surface area contributed by atoms with E-state index in [0.29, 0.717) is 13.2 Å². The van der Waals surface area contributed by atoms with E-state index in [-0.39, 0.29) is 0 Å². The summed E-state index contributed by atoms with van der Waals surface area (Å²) in [6, 6.07) is 12.7. The number of rotatable bonds is 1. The van der Waals surface area contributed by atoms with Crippen molar-refractivity contribution in [3.63, 3.8) is 0 Å².